The van der Waals surface area contributed by atoms with E-state index >= 15 is 0 Å². The van der Waals surface area contributed by atoms with Crippen molar-refractivity contribution in [2.45, 2.75) is 12.8 Å². The molecule has 110 valence electrons. The van der Waals surface area contributed by atoms with Crippen LogP contribution in [0, 0.1) is 0 Å². The van der Waals surface area contributed by atoms with E-state index in [4.69, 9.17) is 5.11 Å². The van der Waals surface area contributed by atoms with Crippen LogP contribution in [0.4, 0.5) is 0 Å². The molecule has 5 heteroatoms. The molecule has 1 rings (SSSR count). The van der Waals surface area contributed by atoms with Crippen LogP contribution in [-0.2, 0) is 16.0 Å². The molecule has 0 aliphatic rings. The van der Waals surface area contributed by atoms with Gasteiger partial charge in [-0.2, -0.15) is 0 Å². The molecule has 1 N–H and O–H groups in total. The van der Waals surface area contributed by atoms with Crippen molar-refractivity contribution in [3.63, 3.8) is 0 Å². The van der Waals surface area contributed by atoms with Crippen molar-refractivity contribution in [1.29, 1.82) is 0 Å². The van der Waals surface area contributed by atoms with E-state index in [-0.39, 0.29) is 18.9 Å². The van der Waals surface area contributed by atoms with E-state index < -0.39 is 5.97 Å². The summed E-state index contributed by atoms with van der Waals surface area (Å²) in [5.41, 5.74) is 0.947. The van der Waals surface area contributed by atoms with Crippen LogP contribution in [-0.4, -0.2) is 60.5 Å². The van der Waals surface area contributed by atoms with E-state index in [1.54, 1.807) is 4.90 Å². The fourth-order valence-electron chi connectivity index (χ4n) is 1.79. The lowest BCUT2D eigenvalue weighted by Gasteiger charge is -2.24. The van der Waals surface area contributed by atoms with Crippen molar-refractivity contribution in [2.24, 2.45) is 0 Å². The summed E-state index contributed by atoms with van der Waals surface area (Å²) in [6.07, 6.45) is 0.293. The molecule has 20 heavy (non-hydrogen) atoms. The number of carbonyl (C=O) groups is 2. The van der Waals surface area contributed by atoms with Crippen molar-refractivity contribution >= 4 is 11.9 Å². The van der Waals surface area contributed by atoms with E-state index in [9.17, 15) is 9.59 Å². The number of carbonyl (C=O) groups excluding carboxylic acids is 1. The lowest BCUT2D eigenvalue weighted by molar-refractivity contribution is -0.138. The number of carboxylic acid groups (broad SMARTS) is 1. The first-order chi connectivity index (χ1) is 9.49. The fourth-order valence-corrected chi connectivity index (χ4v) is 1.79. The van der Waals surface area contributed by atoms with Gasteiger partial charge >= 0.3 is 5.97 Å². The highest BCUT2D eigenvalue weighted by Gasteiger charge is 2.15. The van der Waals surface area contributed by atoms with Crippen molar-refractivity contribution < 1.29 is 14.7 Å². The van der Waals surface area contributed by atoms with Crippen LogP contribution in [0.2, 0.25) is 0 Å². The zero-order chi connectivity index (χ0) is 15.0. The average Bonchev–Trinajstić information content (AvgIpc) is 2.39. The fraction of sp³-hybridized carbons (Fsp3) is 0.467. The smallest absolute Gasteiger partial charge is 0.305 e. The third-order valence-corrected chi connectivity index (χ3v) is 2.96. The summed E-state index contributed by atoms with van der Waals surface area (Å²) in [4.78, 5) is 26.5. The number of nitrogens with zero attached hydrogens (tertiary/aromatic N) is 2. The van der Waals surface area contributed by atoms with Crippen LogP contribution in [0.5, 0.6) is 0 Å². The topological polar surface area (TPSA) is 60.9 Å². The van der Waals surface area contributed by atoms with Gasteiger partial charge in [0.25, 0.3) is 0 Å². The Bertz CT molecular complexity index is 432. The molecule has 0 saturated heterocycles. The first-order valence-corrected chi connectivity index (χ1v) is 6.67. The summed E-state index contributed by atoms with van der Waals surface area (Å²) >= 11 is 0. The van der Waals surface area contributed by atoms with Gasteiger partial charge in [-0.25, -0.2) is 0 Å². The van der Waals surface area contributed by atoms with E-state index in [2.05, 4.69) is 0 Å². The van der Waals surface area contributed by atoms with Gasteiger partial charge in [0.05, 0.1) is 12.8 Å². The van der Waals surface area contributed by atoms with Gasteiger partial charge in [-0.05, 0) is 19.7 Å². The molecule has 5 nitrogen and oxygen atoms in total. The monoisotopic (exact) mass is 278 g/mol. The van der Waals surface area contributed by atoms with Crippen LogP contribution in [0.1, 0.15) is 12.0 Å². The van der Waals surface area contributed by atoms with Crippen LogP contribution in [0.3, 0.4) is 0 Å². The Kier molecular flexibility index (Phi) is 6.73. The molecule has 0 atom stereocenters. The number of amides is 1. The first-order valence-electron chi connectivity index (χ1n) is 6.67. The molecule has 0 saturated carbocycles. The molecule has 0 heterocycles. The number of likely N-dealkylation sites (N-methyl/N-ethyl adjacent to an activating group) is 1. The predicted octanol–water partition coefficient (Wildman–Crippen LogP) is 1.09. The molecule has 1 aromatic carbocycles. The molecule has 0 radical (unpaired) electrons. The van der Waals surface area contributed by atoms with E-state index in [0.717, 1.165) is 12.1 Å². The summed E-state index contributed by atoms with van der Waals surface area (Å²) in [5, 5.41) is 8.76. The van der Waals surface area contributed by atoms with E-state index in [1.807, 2.05) is 49.3 Å². The Hall–Kier alpha value is -1.88. The summed E-state index contributed by atoms with van der Waals surface area (Å²) < 4.78 is 0. The Morgan fingerprint density at radius 3 is 2.25 bits per heavy atom. The Morgan fingerprint density at radius 1 is 1.05 bits per heavy atom. The predicted molar refractivity (Wildman–Crippen MR) is 77.5 cm³/mol. The minimum atomic E-state index is -0.882. The third kappa shape index (κ3) is 6.33. The molecule has 0 unspecified atom stereocenters. The summed E-state index contributed by atoms with van der Waals surface area (Å²) in [7, 11) is 3.86. The number of hydrogen-bond donors (Lipinski definition) is 1. The van der Waals surface area contributed by atoms with Crippen molar-refractivity contribution in [2.75, 3.05) is 33.7 Å². The first kappa shape index (κ1) is 16.2. The molecule has 1 amide bonds. The molecule has 1 aromatic rings. The second-order valence-corrected chi connectivity index (χ2v) is 4.99. The van der Waals surface area contributed by atoms with E-state index in [0.29, 0.717) is 13.0 Å². The van der Waals surface area contributed by atoms with Gasteiger partial charge in [0.1, 0.15) is 0 Å². The highest BCUT2D eigenvalue weighted by molar-refractivity contribution is 5.79. The van der Waals surface area contributed by atoms with Gasteiger partial charge in [0.2, 0.25) is 5.91 Å². The van der Waals surface area contributed by atoms with Gasteiger partial charge in [-0.15, -0.1) is 0 Å². The zero-order valence-corrected chi connectivity index (χ0v) is 12.1. The third-order valence-electron chi connectivity index (χ3n) is 2.96. The second-order valence-electron chi connectivity index (χ2n) is 4.99. The van der Waals surface area contributed by atoms with Gasteiger partial charge < -0.3 is 14.9 Å². The van der Waals surface area contributed by atoms with Gasteiger partial charge in [-0.1, -0.05) is 30.3 Å². The van der Waals surface area contributed by atoms with Crippen molar-refractivity contribution in [3.05, 3.63) is 35.9 Å². The quantitative estimate of drug-likeness (QED) is 0.773. The Morgan fingerprint density at radius 2 is 1.70 bits per heavy atom. The number of benzene rings is 1. The van der Waals surface area contributed by atoms with Gasteiger partial charge in [0, 0.05) is 19.6 Å². The van der Waals surface area contributed by atoms with Crippen LogP contribution in [0.15, 0.2) is 30.3 Å². The molecule has 0 bridgehead atoms. The molecule has 0 aliphatic heterocycles. The van der Waals surface area contributed by atoms with Crippen molar-refractivity contribution in [3.8, 4) is 0 Å². The second kappa shape index (κ2) is 8.32. The zero-order valence-electron chi connectivity index (χ0n) is 12.1. The average molecular weight is 278 g/mol. The molecule has 0 spiro atoms. The molecular formula is C15H22N2O3. The van der Waals surface area contributed by atoms with Crippen LogP contribution < -0.4 is 0 Å². The minimum Gasteiger partial charge on any atom is -0.481 e. The van der Waals surface area contributed by atoms with Crippen LogP contribution >= 0.6 is 0 Å². The highest BCUT2D eigenvalue weighted by atomic mass is 16.4. The van der Waals surface area contributed by atoms with Crippen molar-refractivity contribution in [1.82, 2.24) is 9.80 Å². The summed E-state index contributed by atoms with van der Waals surface area (Å²) in [6.45, 7) is 1.53. The highest BCUT2D eigenvalue weighted by Crippen LogP contribution is 2.04. The Balaban J connectivity index is 2.60. The number of rotatable bonds is 8. The van der Waals surface area contributed by atoms with E-state index in [1.165, 1.54) is 0 Å². The summed E-state index contributed by atoms with van der Waals surface area (Å²) in [6, 6.07) is 9.49. The molecule has 0 aromatic heterocycles. The SMILES string of the molecule is CN(C)CCN(CCC(=O)O)C(=O)Cc1ccccc1. The minimum absolute atomic E-state index is 0.0199. The number of hydrogen-bond acceptors (Lipinski definition) is 3. The van der Waals surface area contributed by atoms with Crippen LogP contribution in [0.25, 0.3) is 0 Å². The lowest BCUT2D eigenvalue weighted by atomic mass is 10.1. The largest absolute Gasteiger partial charge is 0.481 e. The summed E-state index contributed by atoms with van der Waals surface area (Å²) in [5.74, 6) is -0.910. The standard InChI is InChI=1S/C15H22N2O3/c1-16(2)10-11-17(9-8-15(19)20)14(18)12-13-6-4-3-5-7-13/h3-7H,8-12H2,1-2H3,(H,19,20). The molecule has 0 fully saturated rings. The number of carboxylic acids is 1. The maximum Gasteiger partial charge on any atom is 0.305 e. The maximum absolute atomic E-state index is 12.3. The normalized spacial score (nSPS) is 10.6. The molecular weight excluding hydrogens is 256 g/mol. The Labute approximate surface area is 119 Å². The van der Waals surface area contributed by atoms with Gasteiger partial charge in [0.15, 0.2) is 0 Å². The lowest BCUT2D eigenvalue weighted by Crippen LogP contribution is -2.38. The van der Waals surface area contributed by atoms with Gasteiger partial charge in [-0.3, -0.25) is 9.59 Å². The maximum atomic E-state index is 12.3. The molecule has 0 aliphatic carbocycles. The number of aliphatic carboxylic acids is 1.